The van der Waals surface area contributed by atoms with E-state index < -0.39 is 5.41 Å². The van der Waals surface area contributed by atoms with Gasteiger partial charge in [0.05, 0.1) is 12.5 Å². The van der Waals surface area contributed by atoms with Gasteiger partial charge in [0.1, 0.15) is 5.75 Å². The topological polar surface area (TPSA) is 41.6 Å². The second-order valence-electron chi connectivity index (χ2n) is 5.35. The van der Waals surface area contributed by atoms with Crippen LogP contribution in [0.2, 0.25) is 0 Å². The third-order valence-electron chi connectivity index (χ3n) is 3.24. The van der Waals surface area contributed by atoms with E-state index in [1.807, 2.05) is 32.0 Å². The fraction of sp³-hybridized carbons (Fsp3) is 0.533. The molecule has 0 aromatic heterocycles. The summed E-state index contributed by atoms with van der Waals surface area (Å²) in [6, 6.07) is 6.01. The molecule has 4 heteroatoms. The van der Waals surface area contributed by atoms with Crippen LogP contribution in [0, 0.1) is 0 Å². The molecule has 1 amide bonds. The van der Waals surface area contributed by atoms with Crippen LogP contribution in [-0.4, -0.2) is 32.1 Å². The average molecular weight is 264 g/mol. The number of hydrogen-bond donors (Lipinski definition) is 1. The van der Waals surface area contributed by atoms with Crippen molar-refractivity contribution in [1.82, 2.24) is 10.4 Å². The summed E-state index contributed by atoms with van der Waals surface area (Å²) in [5.41, 5.74) is 4.26. The Labute approximate surface area is 115 Å². The van der Waals surface area contributed by atoms with Gasteiger partial charge in [-0.15, -0.1) is 0 Å². The predicted octanol–water partition coefficient (Wildman–Crippen LogP) is 2.13. The van der Waals surface area contributed by atoms with Gasteiger partial charge >= 0.3 is 0 Å². The van der Waals surface area contributed by atoms with Gasteiger partial charge in [0.25, 0.3) is 0 Å². The van der Waals surface area contributed by atoms with Gasteiger partial charge in [-0.05, 0) is 31.9 Å². The highest BCUT2D eigenvalue weighted by atomic mass is 16.5. The number of methoxy groups -OCH3 is 1. The van der Waals surface area contributed by atoms with Gasteiger partial charge in [0, 0.05) is 19.7 Å². The lowest BCUT2D eigenvalue weighted by molar-refractivity contribution is -0.129. The molecule has 19 heavy (non-hydrogen) atoms. The maximum absolute atomic E-state index is 12.3. The van der Waals surface area contributed by atoms with Crippen LogP contribution >= 0.6 is 0 Å². The first-order valence-electron chi connectivity index (χ1n) is 6.48. The average Bonchev–Trinajstić information content (AvgIpc) is 2.37. The molecule has 0 aliphatic rings. The van der Waals surface area contributed by atoms with E-state index in [-0.39, 0.29) is 5.91 Å². The summed E-state index contributed by atoms with van der Waals surface area (Å²) in [6.07, 6.45) is 0.933. The monoisotopic (exact) mass is 264 g/mol. The Morgan fingerprint density at radius 1 is 1.37 bits per heavy atom. The minimum Gasteiger partial charge on any atom is -0.496 e. The molecule has 0 radical (unpaired) electrons. The van der Waals surface area contributed by atoms with Crippen LogP contribution < -0.4 is 10.2 Å². The van der Waals surface area contributed by atoms with E-state index in [0.29, 0.717) is 0 Å². The molecule has 0 bridgehead atoms. The van der Waals surface area contributed by atoms with E-state index in [2.05, 4.69) is 12.3 Å². The third-order valence-corrected chi connectivity index (χ3v) is 3.24. The number of hydrazine groups is 1. The molecule has 106 valence electrons. The first kappa shape index (κ1) is 15.5. The molecule has 4 nitrogen and oxygen atoms in total. The van der Waals surface area contributed by atoms with Crippen LogP contribution in [0.5, 0.6) is 5.75 Å². The maximum atomic E-state index is 12.3. The SMILES string of the molecule is CCc1ccc(OC)c(C(C)(C)C(=O)NN(C)C)c1. The molecule has 0 saturated heterocycles. The summed E-state index contributed by atoms with van der Waals surface area (Å²) in [5.74, 6) is 0.695. The van der Waals surface area contributed by atoms with Crippen LogP contribution in [-0.2, 0) is 16.6 Å². The summed E-state index contributed by atoms with van der Waals surface area (Å²) < 4.78 is 5.39. The lowest BCUT2D eigenvalue weighted by Gasteiger charge is -2.28. The van der Waals surface area contributed by atoms with Gasteiger partial charge in [0.2, 0.25) is 5.91 Å². The van der Waals surface area contributed by atoms with Crippen LogP contribution in [0.4, 0.5) is 0 Å². The number of benzene rings is 1. The van der Waals surface area contributed by atoms with Crippen LogP contribution in [0.15, 0.2) is 18.2 Å². The van der Waals surface area contributed by atoms with Gasteiger partial charge in [-0.1, -0.05) is 19.1 Å². The molecular weight excluding hydrogens is 240 g/mol. The normalized spacial score (nSPS) is 11.5. The minimum atomic E-state index is -0.652. The highest BCUT2D eigenvalue weighted by Crippen LogP contribution is 2.33. The van der Waals surface area contributed by atoms with Crippen LogP contribution in [0.3, 0.4) is 0 Å². The number of carbonyl (C=O) groups is 1. The van der Waals surface area contributed by atoms with Gasteiger partial charge in [-0.3, -0.25) is 10.2 Å². The van der Waals surface area contributed by atoms with Crippen molar-refractivity contribution >= 4 is 5.91 Å². The Hall–Kier alpha value is -1.55. The Kier molecular flexibility index (Phi) is 4.95. The van der Waals surface area contributed by atoms with Crippen molar-refractivity contribution in [3.8, 4) is 5.75 Å². The molecule has 0 saturated carbocycles. The number of ether oxygens (including phenoxy) is 1. The second kappa shape index (κ2) is 6.06. The molecule has 1 aromatic rings. The minimum absolute atomic E-state index is 0.0518. The number of nitrogens with zero attached hydrogens (tertiary/aromatic N) is 1. The molecule has 1 N–H and O–H groups in total. The quantitative estimate of drug-likeness (QED) is 0.828. The molecule has 0 aliphatic carbocycles. The van der Waals surface area contributed by atoms with Crippen LogP contribution in [0.1, 0.15) is 31.9 Å². The fourth-order valence-electron chi connectivity index (χ4n) is 1.93. The van der Waals surface area contributed by atoms with E-state index in [0.717, 1.165) is 17.7 Å². The first-order chi connectivity index (χ1) is 8.82. The van der Waals surface area contributed by atoms with Gasteiger partial charge in [-0.25, -0.2) is 5.01 Å². The lowest BCUT2D eigenvalue weighted by atomic mass is 9.82. The Morgan fingerprint density at radius 3 is 2.47 bits per heavy atom. The van der Waals surface area contributed by atoms with Gasteiger partial charge < -0.3 is 4.74 Å². The third kappa shape index (κ3) is 3.47. The van der Waals surface area contributed by atoms with Gasteiger partial charge in [-0.2, -0.15) is 0 Å². The summed E-state index contributed by atoms with van der Waals surface area (Å²) in [6.45, 7) is 5.91. The summed E-state index contributed by atoms with van der Waals surface area (Å²) >= 11 is 0. The Bertz CT molecular complexity index is 453. The number of nitrogens with one attached hydrogen (secondary N) is 1. The highest BCUT2D eigenvalue weighted by molar-refractivity contribution is 5.87. The van der Waals surface area contributed by atoms with Crippen LogP contribution in [0.25, 0.3) is 0 Å². The smallest absolute Gasteiger partial charge is 0.244 e. The van der Waals surface area contributed by atoms with E-state index in [1.165, 1.54) is 5.56 Å². The van der Waals surface area contributed by atoms with Crippen molar-refractivity contribution in [3.63, 3.8) is 0 Å². The largest absolute Gasteiger partial charge is 0.496 e. The zero-order valence-corrected chi connectivity index (χ0v) is 12.7. The fourth-order valence-corrected chi connectivity index (χ4v) is 1.93. The number of amides is 1. The molecular formula is C15H24N2O2. The molecule has 0 atom stereocenters. The zero-order chi connectivity index (χ0) is 14.6. The Balaban J connectivity index is 3.21. The molecule has 1 rings (SSSR count). The molecule has 1 aromatic carbocycles. The van der Waals surface area contributed by atoms with Gasteiger partial charge in [0.15, 0.2) is 0 Å². The highest BCUT2D eigenvalue weighted by Gasteiger charge is 2.33. The molecule has 0 aliphatic heterocycles. The first-order valence-corrected chi connectivity index (χ1v) is 6.48. The molecule has 0 unspecified atom stereocenters. The number of carbonyl (C=O) groups excluding carboxylic acids is 1. The number of aryl methyl sites for hydroxylation is 1. The van der Waals surface area contributed by atoms with Crippen molar-refractivity contribution < 1.29 is 9.53 Å². The summed E-state index contributed by atoms with van der Waals surface area (Å²) in [7, 11) is 5.23. The predicted molar refractivity (Wildman–Crippen MR) is 77.2 cm³/mol. The number of hydrogen-bond acceptors (Lipinski definition) is 3. The standard InChI is InChI=1S/C15H24N2O2/c1-7-11-8-9-13(19-6)12(10-11)15(2,3)14(18)16-17(4)5/h8-10H,7H2,1-6H3,(H,16,18). The van der Waals surface area contributed by atoms with Crippen molar-refractivity contribution in [1.29, 1.82) is 0 Å². The van der Waals surface area contributed by atoms with E-state index in [9.17, 15) is 4.79 Å². The number of rotatable bonds is 5. The maximum Gasteiger partial charge on any atom is 0.244 e. The molecule has 0 fully saturated rings. The van der Waals surface area contributed by atoms with E-state index in [1.54, 1.807) is 26.2 Å². The molecule has 0 spiro atoms. The molecule has 0 heterocycles. The second-order valence-corrected chi connectivity index (χ2v) is 5.35. The zero-order valence-electron chi connectivity index (χ0n) is 12.7. The lowest BCUT2D eigenvalue weighted by Crippen LogP contribution is -2.46. The van der Waals surface area contributed by atoms with Crippen molar-refractivity contribution in [3.05, 3.63) is 29.3 Å². The van der Waals surface area contributed by atoms with Crippen molar-refractivity contribution in [2.24, 2.45) is 0 Å². The summed E-state index contributed by atoms with van der Waals surface area (Å²) in [5, 5.41) is 1.65. The van der Waals surface area contributed by atoms with Crippen molar-refractivity contribution in [2.45, 2.75) is 32.6 Å². The summed E-state index contributed by atoms with van der Waals surface area (Å²) in [4.78, 5) is 12.3. The van der Waals surface area contributed by atoms with E-state index >= 15 is 0 Å². The van der Waals surface area contributed by atoms with E-state index in [4.69, 9.17) is 4.74 Å². The van der Waals surface area contributed by atoms with Crippen molar-refractivity contribution in [2.75, 3.05) is 21.2 Å². The Morgan fingerprint density at radius 2 is 2.00 bits per heavy atom.